The third kappa shape index (κ3) is 6.58. The van der Waals surface area contributed by atoms with E-state index in [1.165, 1.54) is 0 Å². The van der Waals surface area contributed by atoms with Crippen LogP contribution >= 0.6 is 0 Å². The predicted octanol–water partition coefficient (Wildman–Crippen LogP) is 1.63. The van der Waals surface area contributed by atoms with E-state index >= 15 is 0 Å². The van der Waals surface area contributed by atoms with E-state index in [0.717, 1.165) is 5.56 Å². The fraction of sp³-hybridized carbons (Fsp3) is 0.562. The maximum absolute atomic E-state index is 12.0. The molecule has 23 heavy (non-hydrogen) atoms. The largest absolute Gasteiger partial charge is 0.481 e. The number of benzene rings is 1. The lowest BCUT2D eigenvalue weighted by Gasteiger charge is -2.18. The standard InChI is InChI=1S/C16H26N2O4S/c1-5-23(20,21)18-11-10-17-16(19)13(4)22-15-9-7-6-8-14(15)12(2)3/h6-9,12-13,18H,5,10-11H2,1-4H3,(H,17,19). The quantitative estimate of drug-likeness (QED) is 0.668. The molecule has 7 heteroatoms. The molecule has 130 valence electrons. The van der Waals surface area contributed by atoms with Crippen LogP contribution in [0.4, 0.5) is 0 Å². The van der Waals surface area contributed by atoms with Crippen LogP contribution in [-0.4, -0.2) is 39.3 Å². The molecule has 0 fully saturated rings. The van der Waals surface area contributed by atoms with Gasteiger partial charge in [0.1, 0.15) is 5.75 Å². The molecule has 2 N–H and O–H groups in total. The number of para-hydroxylation sites is 1. The Morgan fingerprint density at radius 2 is 1.83 bits per heavy atom. The second-order valence-electron chi connectivity index (χ2n) is 5.54. The van der Waals surface area contributed by atoms with Crippen LogP contribution in [-0.2, 0) is 14.8 Å². The third-order valence-electron chi connectivity index (χ3n) is 3.34. The van der Waals surface area contributed by atoms with E-state index in [9.17, 15) is 13.2 Å². The number of sulfonamides is 1. The molecule has 0 aliphatic carbocycles. The van der Waals surface area contributed by atoms with Gasteiger partial charge in [-0.1, -0.05) is 32.0 Å². The maximum Gasteiger partial charge on any atom is 0.260 e. The van der Waals surface area contributed by atoms with E-state index < -0.39 is 16.1 Å². The number of rotatable bonds is 9. The highest BCUT2D eigenvalue weighted by molar-refractivity contribution is 7.89. The molecule has 0 spiro atoms. The molecular formula is C16H26N2O4S. The highest BCUT2D eigenvalue weighted by atomic mass is 32.2. The molecule has 0 aliphatic heterocycles. The van der Waals surface area contributed by atoms with Crippen molar-refractivity contribution < 1.29 is 17.9 Å². The minimum absolute atomic E-state index is 0.0203. The van der Waals surface area contributed by atoms with Crippen LogP contribution in [0.3, 0.4) is 0 Å². The normalized spacial score (nSPS) is 12.9. The van der Waals surface area contributed by atoms with Gasteiger partial charge in [0, 0.05) is 13.1 Å². The summed E-state index contributed by atoms with van der Waals surface area (Å²) in [5.41, 5.74) is 1.04. The number of hydrogen-bond acceptors (Lipinski definition) is 4. The van der Waals surface area contributed by atoms with Gasteiger partial charge >= 0.3 is 0 Å². The van der Waals surface area contributed by atoms with Crippen molar-refractivity contribution in [1.82, 2.24) is 10.0 Å². The van der Waals surface area contributed by atoms with E-state index in [4.69, 9.17) is 4.74 Å². The van der Waals surface area contributed by atoms with Gasteiger partial charge in [-0.25, -0.2) is 13.1 Å². The lowest BCUT2D eigenvalue weighted by molar-refractivity contribution is -0.127. The minimum Gasteiger partial charge on any atom is -0.481 e. The van der Waals surface area contributed by atoms with Crippen molar-refractivity contribution in [1.29, 1.82) is 0 Å². The van der Waals surface area contributed by atoms with E-state index in [0.29, 0.717) is 11.7 Å². The van der Waals surface area contributed by atoms with Gasteiger partial charge < -0.3 is 10.1 Å². The molecule has 1 rings (SSSR count). The average Bonchev–Trinajstić information content (AvgIpc) is 2.51. The SMILES string of the molecule is CCS(=O)(=O)NCCNC(=O)C(C)Oc1ccccc1C(C)C. The van der Waals surface area contributed by atoms with Crippen LogP contribution in [0.1, 0.15) is 39.2 Å². The first kappa shape index (κ1) is 19.4. The van der Waals surface area contributed by atoms with Crippen LogP contribution in [0, 0.1) is 0 Å². The molecule has 0 radical (unpaired) electrons. The number of carbonyl (C=O) groups is 1. The van der Waals surface area contributed by atoms with E-state index in [1.807, 2.05) is 24.3 Å². The third-order valence-corrected chi connectivity index (χ3v) is 4.74. The van der Waals surface area contributed by atoms with Crippen LogP contribution in [0.15, 0.2) is 24.3 Å². The van der Waals surface area contributed by atoms with Crippen LogP contribution in [0.5, 0.6) is 5.75 Å². The molecule has 1 amide bonds. The Bertz CT molecular complexity index is 614. The van der Waals surface area contributed by atoms with E-state index in [1.54, 1.807) is 13.8 Å². The second-order valence-corrected chi connectivity index (χ2v) is 7.64. The summed E-state index contributed by atoms with van der Waals surface area (Å²) in [7, 11) is -3.23. The lowest BCUT2D eigenvalue weighted by Crippen LogP contribution is -2.41. The Hall–Kier alpha value is -1.60. The van der Waals surface area contributed by atoms with Crippen molar-refractivity contribution in [3.05, 3.63) is 29.8 Å². The Balaban J connectivity index is 2.49. The summed E-state index contributed by atoms with van der Waals surface area (Å²) in [5, 5.41) is 2.66. The van der Waals surface area contributed by atoms with Crippen molar-refractivity contribution in [2.45, 2.75) is 39.7 Å². The van der Waals surface area contributed by atoms with Gasteiger partial charge in [0.15, 0.2) is 6.10 Å². The van der Waals surface area contributed by atoms with Gasteiger partial charge in [0.25, 0.3) is 5.91 Å². The van der Waals surface area contributed by atoms with Crippen molar-refractivity contribution in [3.63, 3.8) is 0 Å². The molecule has 6 nitrogen and oxygen atoms in total. The smallest absolute Gasteiger partial charge is 0.260 e. The Morgan fingerprint density at radius 3 is 2.43 bits per heavy atom. The molecule has 0 saturated heterocycles. The fourth-order valence-electron chi connectivity index (χ4n) is 1.95. The Labute approximate surface area is 138 Å². The average molecular weight is 342 g/mol. The molecule has 0 saturated carbocycles. The van der Waals surface area contributed by atoms with E-state index in [2.05, 4.69) is 23.9 Å². The zero-order valence-electron chi connectivity index (χ0n) is 14.1. The lowest BCUT2D eigenvalue weighted by atomic mass is 10.0. The molecule has 1 unspecified atom stereocenters. The van der Waals surface area contributed by atoms with Gasteiger partial charge in [0.2, 0.25) is 10.0 Å². The molecule has 0 heterocycles. The van der Waals surface area contributed by atoms with Gasteiger partial charge in [0.05, 0.1) is 5.75 Å². The summed E-state index contributed by atoms with van der Waals surface area (Å²) < 4.78 is 30.7. The maximum atomic E-state index is 12.0. The first-order valence-corrected chi connectivity index (χ1v) is 9.42. The summed E-state index contributed by atoms with van der Waals surface area (Å²) >= 11 is 0. The number of ether oxygens (including phenoxy) is 1. The van der Waals surface area contributed by atoms with Crippen LogP contribution in [0.2, 0.25) is 0 Å². The number of nitrogens with one attached hydrogen (secondary N) is 2. The van der Waals surface area contributed by atoms with Crippen LogP contribution in [0.25, 0.3) is 0 Å². The summed E-state index contributed by atoms with van der Waals surface area (Å²) in [6.07, 6.45) is -0.655. The summed E-state index contributed by atoms with van der Waals surface area (Å²) in [5.74, 6) is 0.730. The van der Waals surface area contributed by atoms with Gasteiger partial charge in [-0.2, -0.15) is 0 Å². The summed E-state index contributed by atoms with van der Waals surface area (Å²) in [4.78, 5) is 12.0. The molecule has 0 aliphatic rings. The highest BCUT2D eigenvalue weighted by Crippen LogP contribution is 2.26. The first-order valence-electron chi connectivity index (χ1n) is 7.77. The first-order chi connectivity index (χ1) is 10.8. The molecule has 1 aromatic rings. The van der Waals surface area contributed by atoms with Crippen LogP contribution < -0.4 is 14.8 Å². The van der Waals surface area contributed by atoms with Gasteiger partial charge in [-0.3, -0.25) is 4.79 Å². The van der Waals surface area contributed by atoms with Crippen molar-refractivity contribution >= 4 is 15.9 Å². The van der Waals surface area contributed by atoms with Gasteiger partial charge in [-0.05, 0) is 31.4 Å². The second kappa shape index (κ2) is 8.88. The predicted molar refractivity (Wildman–Crippen MR) is 91.1 cm³/mol. The van der Waals surface area contributed by atoms with E-state index in [-0.39, 0.29) is 24.7 Å². The summed E-state index contributed by atoms with van der Waals surface area (Å²) in [6, 6.07) is 7.62. The molecule has 1 aromatic carbocycles. The monoisotopic (exact) mass is 342 g/mol. The number of hydrogen-bond donors (Lipinski definition) is 2. The molecular weight excluding hydrogens is 316 g/mol. The topological polar surface area (TPSA) is 84.5 Å². The number of amides is 1. The molecule has 1 atom stereocenters. The molecule has 0 bridgehead atoms. The van der Waals surface area contributed by atoms with Crippen molar-refractivity contribution in [2.75, 3.05) is 18.8 Å². The minimum atomic E-state index is -3.23. The fourth-order valence-corrected chi connectivity index (χ4v) is 2.56. The molecule has 0 aromatic heterocycles. The van der Waals surface area contributed by atoms with Crippen molar-refractivity contribution in [2.24, 2.45) is 0 Å². The zero-order chi connectivity index (χ0) is 17.5. The zero-order valence-corrected chi connectivity index (χ0v) is 14.9. The highest BCUT2D eigenvalue weighted by Gasteiger charge is 2.17. The number of carbonyl (C=O) groups excluding carboxylic acids is 1. The Kier molecular flexibility index (Phi) is 7.51. The van der Waals surface area contributed by atoms with Crippen molar-refractivity contribution in [3.8, 4) is 5.75 Å². The van der Waals surface area contributed by atoms with Gasteiger partial charge in [-0.15, -0.1) is 0 Å². The summed E-state index contributed by atoms with van der Waals surface area (Å²) in [6.45, 7) is 7.74. The Morgan fingerprint density at radius 1 is 1.17 bits per heavy atom.